The number of nitriles is 1. The Labute approximate surface area is 254 Å². The molecule has 12 heteroatoms. The number of nitrogens with zero attached hydrogens (tertiary/aromatic N) is 3. The Kier molecular flexibility index (Phi) is 7.92. The Morgan fingerprint density at radius 3 is 2.32 bits per heavy atom. The molecule has 3 aliphatic rings. The van der Waals surface area contributed by atoms with Gasteiger partial charge in [-0.2, -0.15) is 5.26 Å². The fourth-order valence-corrected chi connectivity index (χ4v) is 7.28. The number of phenols is 1. The van der Waals surface area contributed by atoms with Crippen LogP contribution in [0.25, 0.3) is 0 Å². The van der Waals surface area contributed by atoms with Crippen LogP contribution in [-0.2, 0) is 38.7 Å². The number of nitrogens with one attached hydrogen (secondary N) is 1. The fourth-order valence-electron chi connectivity index (χ4n) is 7.28. The van der Waals surface area contributed by atoms with Gasteiger partial charge in [-0.15, -0.1) is 0 Å². The molecule has 12 nitrogen and oxygen atoms in total. The van der Waals surface area contributed by atoms with E-state index in [0.717, 1.165) is 5.56 Å². The molecule has 3 unspecified atom stereocenters. The summed E-state index contributed by atoms with van der Waals surface area (Å²) in [5, 5.41) is 35.4. The number of amides is 1. The van der Waals surface area contributed by atoms with E-state index in [1.807, 2.05) is 17.0 Å². The summed E-state index contributed by atoms with van der Waals surface area (Å²) in [7, 11) is 6.70. The molecule has 2 aromatic rings. The zero-order chi connectivity index (χ0) is 32.2. The van der Waals surface area contributed by atoms with Gasteiger partial charge in [-0.25, -0.2) is 0 Å². The van der Waals surface area contributed by atoms with E-state index in [1.165, 1.54) is 4.90 Å². The number of benzene rings is 2. The maximum absolute atomic E-state index is 14.1. The number of hydrogen-bond acceptors (Lipinski definition) is 11. The van der Waals surface area contributed by atoms with Crippen LogP contribution in [0.3, 0.4) is 0 Å². The minimum absolute atomic E-state index is 0.00851. The summed E-state index contributed by atoms with van der Waals surface area (Å²) < 4.78 is 0. The molecular weight excluding hydrogens is 566 g/mol. The van der Waals surface area contributed by atoms with Crippen molar-refractivity contribution in [1.82, 2.24) is 10.2 Å². The molecule has 230 valence electrons. The largest absolute Gasteiger partial charge is 0.507 e. The molecule has 0 aromatic heterocycles. The van der Waals surface area contributed by atoms with Gasteiger partial charge in [-0.3, -0.25) is 28.9 Å². The molecule has 3 aliphatic carbocycles. The summed E-state index contributed by atoms with van der Waals surface area (Å²) >= 11 is 0. The molecule has 6 atom stereocenters. The maximum Gasteiger partial charge on any atom is 0.235 e. The van der Waals surface area contributed by atoms with E-state index in [1.54, 1.807) is 46.4 Å². The molecule has 1 amide bonds. The average molecular weight is 602 g/mol. The lowest BCUT2D eigenvalue weighted by molar-refractivity contribution is -0.181. The quantitative estimate of drug-likeness (QED) is 0.314. The normalized spacial score (nSPS) is 27.8. The van der Waals surface area contributed by atoms with Crippen molar-refractivity contribution in [3.05, 3.63) is 58.1 Å². The van der Waals surface area contributed by atoms with E-state index in [0.29, 0.717) is 28.9 Å². The van der Waals surface area contributed by atoms with Gasteiger partial charge in [-0.1, -0.05) is 12.1 Å². The van der Waals surface area contributed by atoms with E-state index < -0.39 is 64.4 Å². The number of rotatable bonds is 7. The lowest BCUT2D eigenvalue weighted by Gasteiger charge is -2.52. The Morgan fingerprint density at radius 2 is 1.75 bits per heavy atom. The number of aliphatic hydroxyl groups is 1. The van der Waals surface area contributed by atoms with E-state index in [2.05, 4.69) is 11.4 Å². The minimum Gasteiger partial charge on any atom is -0.507 e. The van der Waals surface area contributed by atoms with Gasteiger partial charge >= 0.3 is 0 Å². The second-order valence-electron chi connectivity index (χ2n) is 12.4. The first-order valence-corrected chi connectivity index (χ1v) is 14.3. The first kappa shape index (κ1) is 31.0. The number of fused-ring (bicyclic) bond motifs is 3. The second kappa shape index (κ2) is 11.2. The standard InChI is InChI=1S/C32H35N5O7/c1-36(2)21-11-18(14-35-13-16-7-5-15(12-33)6-8-16)26(38)23-19(21)9-17-10-20-25(37(3)4)28(40)24(31(34)43)30(42)32(20,44)29(41)22(17)27(23)39/h5-8,11,17,20,22,24-25,35,38,44H,9-10,13-14H2,1-4H3,(H2,34,43)/t17-,20-,22?,24?,25?,32-/m0/s1. The number of anilines is 1. The van der Waals surface area contributed by atoms with Crippen LogP contribution >= 0.6 is 0 Å². The first-order chi connectivity index (χ1) is 20.7. The second-order valence-corrected chi connectivity index (χ2v) is 12.4. The molecule has 2 aromatic carbocycles. The third-order valence-electron chi connectivity index (χ3n) is 9.33. The van der Waals surface area contributed by atoms with Crippen LogP contribution in [0.2, 0.25) is 0 Å². The van der Waals surface area contributed by atoms with Crippen molar-refractivity contribution in [2.24, 2.45) is 29.4 Å². The summed E-state index contributed by atoms with van der Waals surface area (Å²) in [6.07, 6.45) is 0.178. The average Bonchev–Trinajstić information content (AvgIpc) is 2.96. The summed E-state index contributed by atoms with van der Waals surface area (Å²) in [4.78, 5) is 70.4. The number of hydrogen-bond donors (Lipinski definition) is 4. The lowest BCUT2D eigenvalue weighted by Crippen LogP contribution is -2.74. The van der Waals surface area contributed by atoms with Gasteiger partial charge in [0.25, 0.3) is 0 Å². The summed E-state index contributed by atoms with van der Waals surface area (Å²) in [6, 6.07) is 9.71. The highest BCUT2D eigenvalue weighted by Gasteiger charge is 2.69. The van der Waals surface area contributed by atoms with Crippen LogP contribution in [0.15, 0.2) is 30.3 Å². The number of ketones is 4. The van der Waals surface area contributed by atoms with E-state index >= 15 is 0 Å². The molecule has 0 aliphatic heterocycles. The Morgan fingerprint density at radius 1 is 1.09 bits per heavy atom. The van der Waals surface area contributed by atoms with Gasteiger partial charge in [0.2, 0.25) is 5.91 Å². The smallest absolute Gasteiger partial charge is 0.235 e. The number of phenolic OH excluding ortho intramolecular Hbond substituents is 1. The van der Waals surface area contributed by atoms with Crippen molar-refractivity contribution in [2.75, 3.05) is 33.1 Å². The van der Waals surface area contributed by atoms with Crippen LogP contribution in [-0.4, -0.2) is 84.0 Å². The van der Waals surface area contributed by atoms with Gasteiger partial charge in [0.1, 0.15) is 5.75 Å². The molecular formula is C32H35N5O7. The van der Waals surface area contributed by atoms with Crippen molar-refractivity contribution in [1.29, 1.82) is 5.26 Å². The van der Waals surface area contributed by atoms with Gasteiger partial charge in [0, 0.05) is 44.4 Å². The molecule has 0 radical (unpaired) electrons. The predicted molar refractivity (Wildman–Crippen MR) is 157 cm³/mol. The number of primary amides is 1. The van der Waals surface area contributed by atoms with Crippen LogP contribution in [0.4, 0.5) is 5.69 Å². The van der Waals surface area contributed by atoms with Crippen molar-refractivity contribution in [3.63, 3.8) is 0 Å². The van der Waals surface area contributed by atoms with E-state index in [-0.39, 0.29) is 30.7 Å². The molecule has 5 N–H and O–H groups in total. The Hall–Kier alpha value is -4.44. The number of Topliss-reactive ketones (excluding diaryl/α,β-unsaturated/α-hetero) is 4. The SMILES string of the molecule is CN(C)c1cc(CNCc2ccc(C#N)cc2)c(O)c2c1C[C@H]1C[C@H]3C(N(C)C)C(=O)C(C(N)=O)C(=O)[C@@]3(O)C(=O)C1C2=O. The molecule has 0 saturated heterocycles. The highest BCUT2D eigenvalue weighted by Crippen LogP contribution is 2.52. The molecule has 0 heterocycles. The first-order valence-electron chi connectivity index (χ1n) is 14.3. The van der Waals surface area contributed by atoms with Crippen LogP contribution < -0.4 is 16.0 Å². The van der Waals surface area contributed by atoms with Crippen LogP contribution in [0.5, 0.6) is 5.75 Å². The van der Waals surface area contributed by atoms with Crippen molar-refractivity contribution < 1.29 is 34.2 Å². The number of carbonyl (C=O) groups is 5. The monoisotopic (exact) mass is 601 g/mol. The topological polar surface area (TPSA) is 194 Å². The summed E-state index contributed by atoms with van der Waals surface area (Å²) in [5.41, 5.74) is 5.63. The summed E-state index contributed by atoms with van der Waals surface area (Å²) in [6.45, 7) is 0.590. The molecule has 2 saturated carbocycles. The lowest BCUT2D eigenvalue weighted by atomic mass is 9.52. The fraction of sp³-hybridized carbons (Fsp3) is 0.438. The molecule has 2 fully saturated rings. The number of likely N-dealkylation sites (N-methyl/N-ethyl adjacent to an activating group) is 1. The molecule has 0 bridgehead atoms. The third-order valence-corrected chi connectivity index (χ3v) is 9.33. The number of aromatic hydroxyl groups is 1. The van der Waals surface area contributed by atoms with Crippen molar-refractivity contribution in [2.45, 2.75) is 37.6 Å². The van der Waals surface area contributed by atoms with Crippen LogP contribution in [0.1, 0.15) is 39.0 Å². The minimum atomic E-state index is -2.77. The highest BCUT2D eigenvalue weighted by atomic mass is 16.3. The zero-order valence-corrected chi connectivity index (χ0v) is 25.0. The van der Waals surface area contributed by atoms with E-state index in [4.69, 9.17) is 11.0 Å². The number of carbonyl (C=O) groups excluding carboxylic acids is 5. The van der Waals surface area contributed by atoms with Crippen LogP contribution in [0, 0.1) is 35.0 Å². The molecule has 5 rings (SSSR count). The molecule has 0 spiro atoms. The van der Waals surface area contributed by atoms with Crippen molar-refractivity contribution >= 4 is 34.7 Å². The van der Waals surface area contributed by atoms with E-state index in [9.17, 15) is 34.2 Å². The van der Waals surface area contributed by atoms with Gasteiger partial charge in [0.05, 0.1) is 29.2 Å². The van der Waals surface area contributed by atoms with Gasteiger partial charge < -0.3 is 26.2 Å². The predicted octanol–water partition coefficient (Wildman–Crippen LogP) is 0.0945. The highest BCUT2D eigenvalue weighted by molar-refractivity contribution is 6.32. The van der Waals surface area contributed by atoms with Gasteiger partial charge in [0.15, 0.2) is 34.7 Å². The Bertz CT molecular complexity index is 1630. The third kappa shape index (κ3) is 4.68. The maximum atomic E-state index is 14.1. The zero-order valence-electron chi connectivity index (χ0n) is 25.0. The Balaban J connectivity index is 1.53. The van der Waals surface area contributed by atoms with Crippen molar-refractivity contribution in [3.8, 4) is 11.8 Å². The summed E-state index contributed by atoms with van der Waals surface area (Å²) in [5.74, 6) is -10.7. The van der Waals surface area contributed by atoms with Gasteiger partial charge in [-0.05, 0) is 62.2 Å². The molecule has 44 heavy (non-hydrogen) atoms. The number of nitrogens with two attached hydrogens (primary N) is 1.